The Balaban J connectivity index is -0.000000107. The van der Waals surface area contributed by atoms with E-state index in [9.17, 15) is 0 Å². The van der Waals surface area contributed by atoms with Gasteiger partial charge >= 0.3 is 0 Å². The fraction of sp³-hybridized carbons (Fsp3) is 0.867. The Hall–Kier alpha value is 1.26. The smallest absolute Gasteiger partial charge is 0.0107 e. The SMILES string of the molecule is CCC1CCN(C)C1.CN1CCN(C)CC1.[CH3-].[CH3-].[W].[W]. The van der Waals surface area contributed by atoms with Crippen molar-refractivity contribution in [2.24, 2.45) is 5.92 Å². The quantitative estimate of drug-likeness (QED) is 0.414. The van der Waals surface area contributed by atoms with Crippen LogP contribution in [-0.2, 0) is 42.1 Å². The summed E-state index contributed by atoms with van der Waals surface area (Å²) < 4.78 is 0. The van der Waals surface area contributed by atoms with E-state index in [1.165, 1.54) is 52.1 Å². The van der Waals surface area contributed by atoms with Crippen molar-refractivity contribution in [2.45, 2.75) is 19.8 Å². The minimum atomic E-state index is 0. The molecule has 0 aliphatic carbocycles. The van der Waals surface area contributed by atoms with Gasteiger partial charge in [0, 0.05) is 74.9 Å². The van der Waals surface area contributed by atoms with Gasteiger partial charge in [0.25, 0.3) is 0 Å². The summed E-state index contributed by atoms with van der Waals surface area (Å²) >= 11 is 0. The van der Waals surface area contributed by atoms with Crippen LogP contribution < -0.4 is 0 Å². The number of nitrogens with zero attached hydrogens (tertiary/aromatic N) is 3. The molecule has 2 aliphatic rings. The molecule has 2 rings (SSSR count). The molecule has 5 heteroatoms. The van der Waals surface area contributed by atoms with Crippen LogP contribution in [0, 0.1) is 20.8 Å². The first-order valence-corrected chi connectivity index (χ1v) is 6.67. The van der Waals surface area contributed by atoms with Gasteiger partial charge in [-0.3, -0.25) is 0 Å². The van der Waals surface area contributed by atoms with Crippen molar-refractivity contribution >= 4 is 0 Å². The van der Waals surface area contributed by atoms with Gasteiger partial charge in [0.05, 0.1) is 0 Å². The van der Waals surface area contributed by atoms with Crippen LogP contribution in [-0.4, -0.2) is 75.1 Å². The third-order valence-electron chi connectivity index (χ3n) is 3.79. The van der Waals surface area contributed by atoms with Gasteiger partial charge in [0.1, 0.15) is 0 Å². The van der Waals surface area contributed by atoms with E-state index in [4.69, 9.17) is 0 Å². The molecule has 124 valence electrons. The molecule has 0 aromatic carbocycles. The van der Waals surface area contributed by atoms with Crippen molar-refractivity contribution in [1.82, 2.24) is 14.7 Å². The second-order valence-corrected chi connectivity index (χ2v) is 5.43. The Morgan fingerprint density at radius 2 is 1.15 bits per heavy atom. The van der Waals surface area contributed by atoms with Crippen molar-refractivity contribution < 1.29 is 42.1 Å². The number of rotatable bonds is 1. The molecule has 1 atom stereocenters. The van der Waals surface area contributed by atoms with Gasteiger partial charge in [-0.05, 0) is 40.0 Å². The maximum Gasteiger partial charge on any atom is 0.0107 e. The zero-order chi connectivity index (χ0) is 12.0. The van der Waals surface area contributed by atoms with E-state index in [1.54, 1.807) is 0 Å². The van der Waals surface area contributed by atoms with Crippen LogP contribution in [0.2, 0.25) is 0 Å². The molecule has 0 radical (unpaired) electrons. The zero-order valence-electron chi connectivity index (χ0n) is 14.4. The third-order valence-corrected chi connectivity index (χ3v) is 3.79. The van der Waals surface area contributed by atoms with Gasteiger partial charge in [-0.2, -0.15) is 0 Å². The Labute approximate surface area is 157 Å². The molecule has 2 heterocycles. The summed E-state index contributed by atoms with van der Waals surface area (Å²) in [6.45, 7) is 9.86. The van der Waals surface area contributed by atoms with Gasteiger partial charge in [-0.25, -0.2) is 0 Å². The van der Waals surface area contributed by atoms with Crippen LogP contribution >= 0.6 is 0 Å². The minimum Gasteiger partial charge on any atom is -0.358 e. The van der Waals surface area contributed by atoms with Crippen molar-refractivity contribution in [3.05, 3.63) is 14.9 Å². The molecule has 0 N–H and O–H groups in total. The summed E-state index contributed by atoms with van der Waals surface area (Å²) in [5, 5.41) is 0. The number of likely N-dealkylation sites (tertiary alicyclic amines) is 1. The van der Waals surface area contributed by atoms with Crippen molar-refractivity contribution in [3.8, 4) is 0 Å². The van der Waals surface area contributed by atoms with Gasteiger partial charge in [0.15, 0.2) is 0 Å². The number of likely N-dealkylation sites (N-methyl/N-ethyl adjacent to an activating group) is 2. The Morgan fingerprint density at radius 1 is 0.750 bits per heavy atom. The topological polar surface area (TPSA) is 9.72 Å². The summed E-state index contributed by atoms with van der Waals surface area (Å²) in [6, 6.07) is 0. The molecule has 0 aromatic heterocycles. The first-order chi connectivity index (χ1) is 7.61. The van der Waals surface area contributed by atoms with E-state index in [2.05, 4.69) is 42.8 Å². The molecule has 0 amide bonds. The molecule has 20 heavy (non-hydrogen) atoms. The fourth-order valence-electron chi connectivity index (χ4n) is 2.27. The van der Waals surface area contributed by atoms with Crippen molar-refractivity contribution in [3.63, 3.8) is 0 Å². The molecule has 1 unspecified atom stereocenters. The van der Waals surface area contributed by atoms with Crippen LogP contribution in [0.3, 0.4) is 0 Å². The van der Waals surface area contributed by atoms with Crippen LogP contribution in [0.4, 0.5) is 0 Å². The van der Waals surface area contributed by atoms with Crippen LogP contribution in [0.1, 0.15) is 19.8 Å². The molecular weight excluding hydrogens is 590 g/mol. The normalized spacial score (nSPS) is 23.1. The van der Waals surface area contributed by atoms with Crippen LogP contribution in [0.15, 0.2) is 0 Å². The standard InChI is InChI=1S/C7H15N.C6H14N2.2CH3.2W/c1-3-7-4-5-8(2)6-7;1-7-3-5-8(2)6-4-7;;;;/h7H,3-6H2,1-2H3;3-6H2,1-2H3;2*1H3;;/q;;2*-1;;. The Morgan fingerprint density at radius 3 is 1.35 bits per heavy atom. The zero-order valence-corrected chi connectivity index (χ0v) is 20.3. The number of hydrogen-bond acceptors (Lipinski definition) is 3. The molecule has 0 saturated carbocycles. The monoisotopic (exact) mass is 625 g/mol. The predicted molar refractivity (Wildman–Crippen MR) is 83.7 cm³/mol. The maximum atomic E-state index is 2.41. The Kier molecular flexibility index (Phi) is 24.3. The predicted octanol–water partition coefficient (Wildman–Crippen LogP) is 2.11. The van der Waals surface area contributed by atoms with Gasteiger partial charge in [0.2, 0.25) is 0 Å². The molecule has 3 nitrogen and oxygen atoms in total. The minimum absolute atomic E-state index is 0. The summed E-state index contributed by atoms with van der Waals surface area (Å²) in [5.41, 5.74) is 0. The first-order valence-electron chi connectivity index (χ1n) is 6.67. The van der Waals surface area contributed by atoms with E-state index >= 15 is 0 Å². The van der Waals surface area contributed by atoms with E-state index in [0.29, 0.717) is 0 Å². The first kappa shape index (κ1) is 29.3. The second-order valence-electron chi connectivity index (χ2n) is 5.43. The summed E-state index contributed by atoms with van der Waals surface area (Å²) in [4.78, 5) is 7.13. The summed E-state index contributed by atoms with van der Waals surface area (Å²) in [6.07, 6.45) is 2.79. The molecular formula is C15H35N3W2-2. The van der Waals surface area contributed by atoms with Crippen molar-refractivity contribution in [1.29, 1.82) is 0 Å². The number of piperazine rings is 1. The third kappa shape index (κ3) is 13.0. The molecule has 0 aromatic rings. The van der Waals surface area contributed by atoms with E-state index in [-0.39, 0.29) is 57.0 Å². The average molecular weight is 625 g/mol. The second kappa shape index (κ2) is 16.6. The van der Waals surface area contributed by atoms with Crippen LogP contribution in [0.5, 0.6) is 0 Å². The molecule has 2 fully saturated rings. The maximum absolute atomic E-state index is 2.41. The van der Waals surface area contributed by atoms with Gasteiger partial charge in [-0.1, -0.05) is 13.3 Å². The van der Waals surface area contributed by atoms with E-state index < -0.39 is 0 Å². The largest absolute Gasteiger partial charge is 0.358 e. The van der Waals surface area contributed by atoms with Gasteiger partial charge < -0.3 is 29.6 Å². The summed E-state index contributed by atoms with van der Waals surface area (Å²) in [7, 11) is 6.55. The fourth-order valence-corrected chi connectivity index (χ4v) is 2.27. The molecule has 0 bridgehead atoms. The van der Waals surface area contributed by atoms with Gasteiger partial charge in [-0.15, -0.1) is 0 Å². The molecule has 2 aliphatic heterocycles. The Bertz CT molecular complexity index is 176. The molecule has 0 spiro atoms. The van der Waals surface area contributed by atoms with Crippen LogP contribution in [0.25, 0.3) is 0 Å². The average Bonchev–Trinajstić information content (AvgIpc) is 2.70. The van der Waals surface area contributed by atoms with E-state index in [1.807, 2.05) is 0 Å². The van der Waals surface area contributed by atoms with Crippen molar-refractivity contribution in [2.75, 3.05) is 60.4 Å². The molecule has 2 saturated heterocycles. The number of hydrogen-bond donors (Lipinski definition) is 0. The summed E-state index contributed by atoms with van der Waals surface area (Å²) in [5.74, 6) is 1.000. The van der Waals surface area contributed by atoms with E-state index in [0.717, 1.165) is 5.92 Å².